The monoisotopic (exact) mass is 203 g/mol. The van der Waals surface area contributed by atoms with Crippen LogP contribution in [-0.2, 0) is 11.0 Å². The highest BCUT2D eigenvalue weighted by atomic mass is 32.2. The van der Waals surface area contributed by atoms with Gasteiger partial charge in [-0.15, -0.1) is 11.3 Å². The second-order valence-corrected chi connectivity index (χ2v) is 4.88. The number of carbonyl (C=O) groups is 1. The van der Waals surface area contributed by atoms with Crippen molar-refractivity contribution in [1.82, 2.24) is 4.72 Å². The second-order valence-electron chi connectivity index (χ2n) is 2.15. The molecule has 0 aliphatic heterocycles. The van der Waals surface area contributed by atoms with Crippen LogP contribution in [0.5, 0.6) is 0 Å². The number of Topliss-reactive ketones (excluding diaryl/α,β-unsaturated/α-hetero) is 1. The van der Waals surface area contributed by atoms with Crippen LogP contribution in [0.2, 0.25) is 0 Å². The van der Waals surface area contributed by atoms with Crippen molar-refractivity contribution >= 4 is 28.1 Å². The van der Waals surface area contributed by atoms with Crippen molar-refractivity contribution in [2.75, 3.05) is 7.05 Å². The first-order chi connectivity index (χ1) is 5.65. The normalized spacial score (nSPS) is 12.8. The minimum Gasteiger partial charge on any atom is -0.294 e. The summed E-state index contributed by atoms with van der Waals surface area (Å²) in [4.78, 5) is 11.5. The molecule has 0 radical (unpaired) electrons. The third kappa shape index (κ3) is 2.00. The number of thiophene rings is 1. The molecule has 1 aromatic heterocycles. The fourth-order valence-corrected chi connectivity index (χ4v) is 2.56. The Bertz CT molecular complexity index is 319. The van der Waals surface area contributed by atoms with Crippen LogP contribution in [0.25, 0.3) is 0 Å². The van der Waals surface area contributed by atoms with Gasteiger partial charge in [-0.25, -0.2) is 8.93 Å². The van der Waals surface area contributed by atoms with Gasteiger partial charge in [0.05, 0.1) is 4.88 Å². The van der Waals surface area contributed by atoms with E-state index in [4.69, 9.17) is 0 Å². The maximum atomic E-state index is 11.1. The van der Waals surface area contributed by atoms with Crippen molar-refractivity contribution < 1.29 is 9.00 Å². The quantitative estimate of drug-likeness (QED) is 0.750. The molecule has 1 unspecified atom stereocenters. The molecular weight excluding hydrogens is 194 g/mol. The van der Waals surface area contributed by atoms with Crippen LogP contribution < -0.4 is 4.72 Å². The number of hydrogen-bond acceptors (Lipinski definition) is 3. The summed E-state index contributed by atoms with van der Waals surface area (Å²) in [5, 5.41) is 0. The van der Waals surface area contributed by atoms with Crippen LogP contribution >= 0.6 is 11.3 Å². The Morgan fingerprint density at radius 2 is 2.25 bits per heavy atom. The van der Waals surface area contributed by atoms with Crippen molar-refractivity contribution in [1.29, 1.82) is 0 Å². The average molecular weight is 203 g/mol. The molecule has 0 aliphatic carbocycles. The summed E-state index contributed by atoms with van der Waals surface area (Å²) in [5.41, 5.74) is 0. The topological polar surface area (TPSA) is 46.2 Å². The standard InChI is InChI=1S/C7H9NO2S2/c1-5(9)6-3-4-7(11-6)12(10)8-2/h3-4,8H,1-2H3. The van der Waals surface area contributed by atoms with Gasteiger partial charge < -0.3 is 0 Å². The van der Waals surface area contributed by atoms with E-state index in [1.807, 2.05) is 0 Å². The zero-order valence-corrected chi connectivity index (χ0v) is 8.42. The fourth-order valence-electron chi connectivity index (χ4n) is 0.710. The van der Waals surface area contributed by atoms with Gasteiger partial charge in [-0.1, -0.05) is 0 Å². The largest absolute Gasteiger partial charge is 0.294 e. The molecule has 3 nitrogen and oxygen atoms in total. The van der Waals surface area contributed by atoms with E-state index in [0.29, 0.717) is 9.09 Å². The fraction of sp³-hybridized carbons (Fsp3) is 0.286. The summed E-state index contributed by atoms with van der Waals surface area (Å²) in [7, 11) is 0.445. The molecule has 12 heavy (non-hydrogen) atoms. The molecule has 1 rings (SSSR count). The van der Waals surface area contributed by atoms with Gasteiger partial charge in [0.15, 0.2) is 5.78 Å². The molecule has 1 atom stereocenters. The molecule has 1 heterocycles. The van der Waals surface area contributed by atoms with E-state index < -0.39 is 11.0 Å². The van der Waals surface area contributed by atoms with Crippen LogP contribution in [0.15, 0.2) is 16.3 Å². The van der Waals surface area contributed by atoms with Crippen molar-refractivity contribution in [3.63, 3.8) is 0 Å². The van der Waals surface area contributed by atoms with Crippen LogP contribution in [0.3, 0.4) is 0 Å². The summed E-state index contributed by atoms with van der Waals surface area (Å²) in [6.45, 7) is 1.50. The maximum absolute atomic E-state index is 11.1. The Hall–Kier alpha value is -0.520. The SMILES string of the molecule is CNS(=O)c1ccc(C(C)=O)s1. The van der Waals surface area contributed by atoms with Crippen molar-refractivity contribution in [3.05, 3.63) is 17.0 Å². The van der Waals surface area contributed by atoms with Crippen LogP contribution in [0.1, 0.15) is 16.6 Å². The highest BCUT2D eigenvalue weighted by Gasteiger charge is 2.07. The third-order valence-electron chi connectivity index (χ3n) is 1.30. The van der Waals surface area contributed by atoms with Crippen molar-refractivity contribution in [3.8, 4) is 0 Å². The minimum atomic E-state index is -1.17. The van der Waals surface area contributed by atoms with E-state index in [1.54, 1.807) is 19.2 Å². The Labute approximate surface area is 77.4 Å². The first-order valence-corrected chi connectivity index (χ1v) is 5.31. The predicted octanol–water partition coefficient (Wildman–Crippen LogP) is 1.19. The van der Waals surface area contributed by atoms with Crippen LogP contribution in [-0.4, -0.2) is 17.0 Å². The summed E-state index contributed by atoms with van der Waals surface area (Å²) < 4.78 is 14.4. The zero-order chi connectivity index (χ0) is 9.14. The lowest BCUT2D eigenvalue weighted by molar-refractivity contribution is 0.102. The lowest BCUT2D eigenvalue weighted by Crippen LogP contribution is -2.08. The molecule has 0 aliphatic rings. The van der Waals surface area contributed by atoms with Gasteiger partial charge in [0.25, 0.3) is 0 Å². The van der Waals surface area contributed by atoms with Crippen molar-refractivity contribution in [2.24, 2.45) is 0 Å². The molecule has 0 bridgehead atoms. The van der Waals surface area contributed by atoms with Gasteiger partial charge in [0.2, 0.25) is 0 Å². The molecular formula is C7H9NO2S2. The van der Waals surface area contributed by atoms with E-state index in [9.17, 15) is 9.00 Å². The first kappa shape index (κ1) is 9.57. The average Bonchev–Trinajstić information content (AvgIpc) is 2.51. The summed E-state index contributed by atoms with van der Waals surface area (Å²) in [6, 6.07) is 3.39. The molecule has 0 amide bonds. The summed E-state index contributed by atoms with van der Waals surface area (Å²) >= 11 is 1.26. The molecule has 0 fully saturated rings. The summed E-state index contributed by atoms with van der Waals surface area (Å²) in [5.74, 6) is 0.0133. The lowest BCUT2D eigenvalue weighted by Gasteiger charge is -1.91. The maximum Gasteiger partial charge on any atom is 0.169 e. The van der Waals surface area contributed by atoms with E-state index >= 15 is 0 Å². The molecule has 0 saturated carbocycles. The van der Waals surface area contributed by atoms with Crippen LogP contribution in [0.4, 0.5) is 0 Å². The lowest BCUT2D eigenvalue weighted by atomic mass is 10.4. The smallest absolute Gasteiger partial charge is 0.169 e. The zero-order valence-electron chi connectivity index (χ0n) is 6.79. The van der Waals surface area contributed by atoms with E-state index in [2.05, 4.69) is 4.72 Å². The Balaban J connectivity index is 2.91. The van der Waals surface area contributed by atoms with Gasteiger partial charge in [-0.05, 0) is 26.1 Å². The predicted molar refractivity (Wildman–Crippen MR) is 49.8 cm³/mol. The first-order valence-electron chi connectivity index (χ1n) is 3.35. The van der Waals surface area contributed by atoms with Gasteiger partial charge in [0, 0.05) is 0 Å². The molecule has 66 valence electrons. The molecule has 0 spiro atoms. The summed E-state index contributed by atoms with van der Waals surface area (Å²) in [6.07, 6.45) is 0. The van der Waals surface area contributed by atoms with Gasteiger partial charge >= 0.3 is 0 Å². The molecule has 1 N–H and O–H groups in total. The number of carbonyl (C=O) groups excluding carboxylic acids is 1. The minimum absolute atomic E-state index is 0.0133. The Kier molecular flexibility index (Phi) is 3.13. The number of nitrogens with one attached hydrogen (secondary N) is 1. The van der Waals surface area contributed by atoms with E-state index in [0.717, 1.165) is 0 Å². The van der Waals surface area contributed by atoms with E-state index in [-0.39, 0.29) is 5.78 Å². The van der Waals surface area contributed by atoms with Gasteiger partial charge in [-0.3, -0.25) is 4.79 Å². The molecule has 1 aromatic rings. The molecule has 5 heteroatoms. The number of hydrogen-bond donors (Lipinski definition) is 1. The highest BCUT2D eigenvalue weighted by Crippen LogP contribution is 2.19. The molecule has 0 saturated heterocycles. The van der Waals surface area contributed by atoms with Crippen molar-refractivity contribution in [2.45, 2.75) is 11.1 Å². The van der Waals surface area contributed by atoms with Crippen LogP contribution in [0, 0.1) is 0 Å². The van der Waals surface area contributed by atoms with E-state index in [1.165, 1.54) is 18.3 Å². The number of rotatable bonds is 3. The highest BCUT2D eigenvalue weighted by molar-refractivity contribution is 7.85. The number of ketones is 1. The Morgan fingerprint density at radius 3 is 2.67 bits per heavy atom. The second kappa shape index (κ2) is 3.93. The third-order valence-corrected chi connectivity index (χ3v) is 3.85. The Morgan fingerprint density at radius 1 is 1.58 bits per heavy atom. The van der Waals surface area contributed by atoms with Gasteiger partial charge in [0.1, 0.15) is 15.2 Å². The molecule has 0 aromatic carbocycles. The van der Waals surface area contributed by atoms with Gasteiger partial charge in [-0.2, -0.15) is 0 Å².